The number of carbonyl (C=O) groups is 1. The summed E-state index contributed by atoms with van der Waals surface area (Å²) in [6.07, 6.45) is 0.484. The number of hydrogen-bond donors (Lipinski definition) is 0. The quantitative estimate of drug-likeness (QED) is 0.469. The molecular weight excluding hydrogens is 378 g/mol. The summed E-state index contributed by atoms with van der Waals surface area (Å²) in [6, 6.07) is 11.9. The summed E-state index contributed by atoms with van der Waals surface area (Å²) >= 11 is 3.01. The van der Waals surface area contributed by atoms with Gasteiger partial charge in [-0.3, -0.25) is 14.2 Å². The number of aromatic nitrogens is 2. The number of fused-ring (bicyclic) bond motifs is 1. The van der Waals surface area contributed by atoms with Crippen LogP contribution >= 0.6 is 23.1 Å². The van der Waals surface area contributed by atoms with Gasteiger partial charge in [0, 0.05) is 32.0 Å². The van der Waals surface area contributed by atoms with Gasteiger partial charge in [0.1, 0.15) is 4.70 Å². The molecule has 7 heteroatoms. The SMILES string of the molecule is CCSc1nc2ccsc2c(=O)n1CC1CC(=O)N(Cc2ccccc2)C1. The third-order valence-electron chi connectivity index (χ3n) is 4.76. The largest absolute Gasteiger partial charge is 0.338 e. The number of hydrogen-bond acceptors (Lipinski definition) is 5. The average molecular weight is 400 g/mol. The first kappa shape index (κ1) is 18.3. The molecule has 5 nitrogen and oxygen atoms in total. The normalized spacial score (nSPS) is 17.1. The highest BCUT2D eigenvalue weighted by Crippen LogP contribution is 2.25. The summed E-state index contributed by atoms with van der Waals surface area (Å²) in [5.74, 6) is 1.15. The Kier molecular flexibility index (Phi) is 5.31. The zero-order chi connectivity index (χ0) is 18.8. The van der Waals surface area contributed by atoms with Gasteiger partial charge in [0.25, 0.3) is 5.56 Å². The third-order valence-corrected chi connectivity index (χ3v) is 6.51. The van der Waals surface area contributed by atoms with Gasteiger partial charge in [-0.05, 0) is 22.8 Å². The van der Waals surface area contributed by atoms with Crippen LogP contribution in [0.2, 0.25) is 0 Å². The van der Waals surface area contributed by atoms with Crippen LogP contribution in [0, 0.1) is 5.92 Å². The maximum Gasteiger partial charge on any atom is 0.272 e. The minimum absolute atomic E-state index is 0.0138. The first-order chi connectivity index (χ1) is 13.2. The van der Waals surface area contributed by atoms with E-state index < -0.39 is 0 Å². The smallest absolute Gasteiger partial charge is 0.272 e. The van der Waals surface area contributed by atoms with Crippen molar-refractivity contribution in [2.24, 2.45) is 5.92 Å². The fraction of sp³-hybridized carbons (Fsp3) is 0.350. The molecule has 1 unspecified atom stereocenters. The van der Waals surface area contributed by atoms with Crippen LogP contribution in [-0.4, -0.2) is 32.7 Å². The number of thiophene rings is 1. The van der Waals surface area contributed by atoms with E-state index in [2.05, 4.69) is 11.9 Å². The van der Waals surface area contributed by atoms with Crippen LogP contribution in [0.5, 0.6) is 0 Å². The number of amides is 1. The fourth-order valence-electron chi connectivity index (χ4n) is 3.51. The van der Waals surface area contributed by atoms with E-state index >= 15 is 0 Å². The molecule has 27 heavy (non-hydrogen) atoms. The van der Waals surface area contributed by atoms with Gasteiger partial charge in [-0.25, -0.2) is 4.98 Å². The van der Waals surface area contributed by atoms with E-state index in [-0.39, 0.29) is 17.4 Å². The Labute approximate surface area is 166 Å². The molecule has 1 aliphatic rings. The summed E-state index contributed by atoms with van der Waals surface area (Å²) < 4.78 is 2.47. The molecule has 1 aromatic carbocycles. The molecule has 3 heterocycles. The monoisotopic (exact) mass is 399 g/mol. The lowest BCUT2D eigenvalue weighted by molar-refractivity contribution is -0.128. The van der Waals surface area contributed by atoms with Gasteiger partial charge in [-0.15, -0.1) is 11.3 Å². The number of thioether (sulfide) groups is 1. The van der Waals surface area contributed by atoms with Crippen molar-refractivity contribution in [2.45, 2.75) is 31.6 Å². The van der Waals surface area contributed by atoms with Gasteiger partial charge >= 0.3 is 0 Å². The van der Waals surface area contributed by atoms with Gasteiger partial charge in [-0.2, -0.15) is 0 Å². The Balaban J connectivity index is 1.55. The van der Waals surface area contributed by atoms with Crippen molar-refractivity contribution in [3.05, 3.63) is 57.7 Å². The lowest BCUT2D eigenvalue weighted by Crippen LogP contribution is -2.28. The molecule has 1 fully saturated rings. The van der Waals surface area contributed by atoms with Gasteiger partial charge in [0.15, 0.2) is 5.16 Å². The number of likely N-dealkylation sites (tertiary alicyclic amines) is 1. The molecule has 0 aliphatic carbocycles. The highest BCUT2D eigenvalue weighted by molar-refractivity contribution is 7.99. The van der Waals surface area contributed by atoms with Gasteiger partial charge in [0.2, 0.25) is 5.91 Å². The lowest BCUT2D eigenvalue weighted by atomic mass is 10.1. The van der Waals surface area contributed by atoms with Crippen molar-refractivity contribution in [3.8, 4) is 0 Å². The average Bonchev–Trinajstić information content (AvgIpc) is 3.26. The van der Waals surface area contributed by atoms with Crippen LogP contribution in [-0.2, 0) is 17.9 Å². The second kappa shape index (κ2) is 7.86. The fourth-order valence-corrected chi connectivity index (χ4v) is 5.03. The molecule has 0 spiro atoms. The van der Waals surface area contributed by atoms with Crippen molar-refractivity contribution in [1.82, 2.24) is 14.5 Å². The molecule has 1 atom stereocenters. The molecule has 0 radical (unpaired) electrons. The van der Waals surface area contributed by atoms with E-state index in [0.29, 0.717) is 30.8 Å². The van der Waals surface area contributed by atoms with E-state index in [1.807, 2.05) is 46.7 Å². The van der Waals surface area contributed by atoms with E-state index in [4.69, 9.17) is 0 Å². The van der Waals surface area contributed by atoms with E-state index in [0.717, 1.165) is 22.0 Å². The molecule has 0 bridgehead atoms. The molecule has 4 rings (SSSR count). The number of rotatable bonds is 6. The first-order valence-electron chi connectivity index (χ1n) is 9.08. The van der Waals surface area contributed by atoms with Gasteiger partial charge < -0.3 is 4.90 Å². The summed E-state index contributed by atoms with van der Waals surface area (Å²) in [7, 11) is 0. The Hall–Kier alpha value is -2.12. The Morgan fingerprint density at radius 3 is 2.81 bits per heavy atom. The molecule has 0 N–H and O–H groups in total. The highest BCUT2D eigenvalue weighted by atomic mass is 32.2. The maximum absolute atomic E-state index is 12.9. The van der Waals surface area contributed by atoms with Crippen molar-refractivity contribution in [2.75, 3.05) is 12.3 Å². The predicted octanol–water partition coefficient (Wildman–Crippen LogP) is 3.62. The summed E-state index contributed by atoms with van der Waals surface area (Å²) in [6.45, 7) is 3.90. The Bertz CT molecular complexity index is 1010. The lowest BCUT2D eigenvalue weighted by Gasteiger charge is -2.18. The van der Waals surface area contributed by atoms with Crippen LogP contribution in [0.15, 0.2) is 51.7 Å². The van der Waals surface area contributed by atoms with Crippen molar-refractivity contribution in [3.63, 3.8) is 0 Å². The second-order valence-corrected chi connectivity index (χ2v) is 8.86. The second-order valence-electron chi connectivity index (χ2n) is 6.71. The summed E-state index contributed by atoms with van der Waals surface area (Å²) in [4.78, 5) is 32.0. The van der Waals surface area contributed by atoms with Crippen molar-refractivity contribution < 1.29 is 4.79 Å². The van der Waals surface area contributed by atoms with Crippen LogP contribution in [0.3, 0.4) is 0 Å². The number of benzene rings is 1. The molecule has 1 aliphatic heterocycles. The first-order valence-corrected chi connectivity index (χ1v) is 10.9. The molecule has 3 aromatic rings. The van der Waals surface area contributed by atoms with Crippen LogP contribution in [0.4, 0.5) is 0 Å². The van der Waals surface area contributed by atoms with Crippen molar-refractivity contribution >= 4 is 39.2 Å². The minimum Gasteiger partial charge on any atom is -0.338 e. The Morgan fingerprint density at radius 1 is 1.22 bits per heavy atom. The summed E-state index contributed by atoms with van der Waals surface area (Å²) in [5.41, 5.74) is 1.91. The minimum atomic E-state index is 0.0138. The molecule has 2 aromatic heterocycles. The third kappa shape index (κ3) is 3.80. The zero-order valence-electron chi connectivity index (χ0n) is 15.1. The molecular formula is C20H21N3O2S2. The zero-order valence-corrected chi connectivity index (χ0v) is 16.8. The Morgan fingerprint density at radius 2 is 2.04 bits per heavy atom. The van der Waals surface area contributed by atoms with E-state index in [1.54, 1.807) is 16.3 Å². The van der Waals surface area contributed by atoms with Gasteiger partial charge in [0.05, 0.1) is 5.52 Å². The standard InChI is InChI=1S/C20H21N3O2S2/c1-2-26-20-21-16-8-9-27-18(16)19(25)23(20)13-15-10-17(24)22(12-15)11-14-6-4-3-5-7-14/h3-9,15H,2,10-13H2,1H3. The van der Waals surface area contributed by atoms with Gasteiger partial charge in [-0.1, -0.05) is 49.0 Å². The van der Waals surface area contributed by atoms with Crippen LogP contribution in [0.1, 0.15) is 18.9 Å². The molecule has 140 valence electrons. The summed E-state index contributed by atoms with van der Waals surface area (Å²) in [5, 5.41) is 2.66. The molecule has 1 saturated heterocycles. The number of carbonyl (C=O) groups excluding carboxylic acids is 1. The van der Waals surface area contributed by atoms with E-state index in [1.165, 1.54) is 11.3 Å². The van der Waals surface area contributed by atoms with Crippen molar-refractivity contribution in [1.29, 1.82) is 0 Å². The highest BCUT2D eigenvalue weighted by Gasteiger charge is 2.30. The van der Waals surface area contributed by atoms with Crippen LogP contribution < -0.4 is 5.56 Å². The number of nitrogens with zero attached hydrogens (tertiary/aromatic N) is 3. The molecule has 1 amide bonds. The van der Waals surface area contributed by atoms with Crippen LogP contribution in [0.25, 0.3) is 10.2 Å². The topological polar surface area (TPSA) is 55.2 Å². The maximum atomic E-state index is 12.9. The van der Waals surface area contributed by atoms with E-state index in [9.17, 15) is 9.59 Å². The molecule has 0 saturated carbocycles. The predicted molar refractivity (Wildman–Crippen MR) is 110 cm³/mol.